The fourth-order valence-corrected chi connectivity index (χ4v) is 2.06. The average molecular weight is 309 g/mol. The minimum atomic E-state index is -3.83. The summed E-state index contributed by atoms with van der Waals surface area (Å²) in [6.45, 7) is 0. The molecule has 0 amide bonds. The molecular formula is C7H9BrN4O3S. The Kier molecular flexibility index (Phi) is 3.73. The number of nitrogens with one attached hydrogen (secondary N) is 1. The molecule has 6 N–H and O–H groups in total. The third-order valence-corrected chi connectivity index (χ3v) is 2.79. The van der Waals surface area contributed by atoms with Crippen LogP contribution in [0.2, 0.25) is 0 Å². The van der Waals surface area contributed by atoms with E-state index in [1.807, 2.05) is 0 Å². The molecule has 7 nitrogen and oxygen atoms in total. The van der Waals surface area contributed by atoms with E-state index in [1.165, 1.54) is 18.2 Å². The van der Waals surface area contributed by atoms with Gasteiger partial charge in [-0.15, -0.1) is 0 Å². The van der Waals surface area contributed by atoms with Crippen molar-refractivity contribution >= 4 is 37.7 Å². The molecule has 0 saturated heterocycles. The van der Waals surface area contributed by atoms with E-state index in [9.17, 15) is 8.42 Å². The average Bonchev–Trinajstić information content (AvgIpc) is 2.18. The molecule has 0 saturated carbocycles. The van der Waals surface area contributed by atoms with Crippen LogP contribution in [-0.2, 0) is 10.2 Å². The topological polar surface area (TPSA) is 131 Å². The summed E-state index contributed by atoms with van der Waals surface area (Å²) in [5.74, 6) is -0.0807. The number of oxime groups is 1. The van der Waals surface area contributed by atoms with E-state index in [1.54, 1.807) is 0 Å². The normalized spacial score (nSPS) is 12.5. The molecule has 88 valence electrons. The smallest absolute Gasteiger partial charge is 0.296 e. The lowest BCUT2D eigenvalue weighted by Gasteiger charge is -2.07. The van der Waals surface area contributed by atoms with E-state index in [-0.39, 0.29) is 11.5 Å². The van der Waals surface area contributed by atoms with Crippen molar-refractivity contribution in [2.24, 2.45) is 16.0 Å². The summed E-state index contributed by atoms with van der Waals surface area (Å²) >= 11 is 3.12. The third kappa shape index (κ3) is 3.36. The number of anilines is 1. The van der Waals surface area contributed by atoms with Crippen molar-refractivity contribution in [1.29, 1.82) is 0 Å². The van der Waals surface area contributed by atoms with E-state index in [2.05, 4.69) is 25.8 Å². The lowest BCUT2D eigenvalue weighted by atomic mass is 10.2. The number of halogens is 1. The Hall–Kier alpha value is -1.32. The zero-order valence-electron chi connectivity index (χ0n) is 7.88. The van der Waals surface area contributed by atoms with Crippen LogP contribution in [0.5, 0.6) is 0 Å². The van der Waals surface area contributed by atoms with Gasteiger partial charge in [-0.1, -0.05) is 5.16 Å². The molecule has 0 radical (unpaired) electrons. The molecule has 0 aliphatic rings. The van der Waals surface area contributed by atoms with Crippen LogP contribution >= 0.6 is 15.9 Å². The first-order valence-corrected chi connectivity index (χ1v) is 6.25. The molecule has 0 unspecified atom stereocenters. The minimum Gasteiger partial charge on any atom is -0.409 e. The number of rotatable bonds is 3. The Labute approximate surface area is 100 Å². The summed E-state index contributed by atoms with van der Waals surface area (Å²) in [6.07, 6.45) is 0. The fourth-order valence-electron chi connectivity index (χ4n) is 0.968. The molecule has 0 spiro atoms. The summed E-state index contributed by atoms with van der Waals surface area (Å²) < 4.78 is 24.1. The van der Waals surface area contributed by atoms with Crippen molar-refractivity contribution in [3.05, 3.63) is 28.2 Å². The highest BCUT2D eigenvalue weighted by atomic mass is 79.9. The van der Waals surface area contributed by atoms with Crippen molar-refractivity contribution in [3.63, 3.8) is 0 Å². The van der Waals surface area contributed by atoms with Gasteiger partial charge in [0.2, 0.25) is 0 Å². The maximum atomic E-state index is 10.8. The highest BCUT2D eigenvalue weighted by Gasteiger charge is 2.08. The van der Waals surface area contributed by atoms with Gasteiger partial charge in [-0.05, 0) is 34.1 Å². The van der Waals surface area contributed by atoms with Gasteiger partial charge in [0.15, 0.2) is 5.84 Å². The van der Waals surface area contributed by atoms with Gasteiger partial charge < -0.3 is 10.9 Å². The molecule has 1 aromatic carbocycles. The van der Waals surface area contributed by atoms with E-state index in [0.29, 0.717) is 10.0 Å². The van der Waals surface area contributed by atoms with Crippen molar-refractivity contribution in [2.45, 2.75) is 0 Å². The van der Waals surface area contributed by atoms with Gasteiger partial charge in [0, 0.05) is 10.0 Å². The fraction of sp³-hybridized carbons (Fsp3) is 0. The van der Waals surface area contributed by atoms with E-state index in [4.69, 9.17) is 16.1 Å². The number of amidine groups is 1. The Balaban J connectivity index is 3.10. The Bertz CT molecular complexity index is 528. The summed E-state index contributed by atoms with van der Waals surface area (Å²) in [6, 6.07) is 4.40. The number of nitrogens with zero attached hydrogens (tertiary/aromatic N) is 1. The van der Waals surface area contributed by atoms with E-state index in [0.717, 1.165) is 0 Å². The SMILES string of the molecule is N/C(=N/O)c1ccc(NS(N)(=O)=O)c(Br)c1. The first-order chi connectivity index (χ1) is 7.33. The molecule has 0 aromatic heterocycles. The molecule has 0 atom stereocenters. The van der Waals surface area contributed by atoms with Crippen LogP contribution < -0.4 is 15.6 Å². The molecule has 9 heteroatoms. The molecule has 0 heterocycles. The van der Waals surface area contributed by atoms with Gasteiger partial charge in [-0.2, -0.15) is 8.42 Å². The number of nitrogens with two attached hydrogens (primary N) is 2. The summed E-state index contributed by atoms with van der Waals surface area (Å²) in [4.78, 5) is 0. The van der Waals surface area contributed by atoms with Crippen molar-refractivity contribution in [2.75, 3.05) is 4.72 Å². The van der Waals surface area contributed by atoms with Gasteiger partial charge in [-0.25, -0.2) is 5.14 Å². The van der Waals surface area contributed by atoms with Crippen LogP contribution in [0.4, 0.5) is 5.69 Å². The second-order valence-electron chi connectivity index (χ2n) is 2.83. The summed E-state index contributed by atoms with van der Waals surface area (Å²) in [5, 5.41) is 16.1. The maximum Gasteiger partial charge on any atom is 0.296 e. The molecule has 1 aromatic rings. The molecular weight excluding hydrogens is 300 g/mol. The first kappa shape index (κ1) is 12.7. The maximum absolute atomic E-state index is 10.8. The van der Waals surface area contributed by atoms with Crippen LogP contribution in [0, 0.1) is 0 Å². The predicted octanol–water partition coefficient (Wildman–Crippen LogP) is 0.159. The lowest BCUT2D eigenvalue weighted by Crippen LogP contribution is -2.22. The Morgan fingerprint density at radius 3 is 2.56 bits per heavy atom. The van der Waals surface area contributed by atoms with Crippen LogP contribution in [0.1, 0.15) is 5.56 Å². The molecule has 0 aliphatic carbocycles. The second-order valence-corrected chi connectivity index (χ2v) is 4.98. The van der Waals surface area contributed by atoms with E-state index >= 15 is 0 Å². The van der Waals surface area contributed by atoms with Gasteiger partial charge in [0.25, 0.3) is 10.2 Å². The van der Waals surface area contributed by atoms with Crippen molar-refractivity contribution < 1.29 is 13.6 Å². The molecule has 0 fully saturated rings. The van der Waals surface area contributed by atoms with Gasteiger partial charge in [-0.3, -0.25) is 4.72 Å². The molecule has 0 bridgehead atoms. The Morgan fingerprint density at radius 1 is 1.50 bits per heavy atom. The highest BCUT2D eigenvalue weighted by Crippen LogP contribution is 2.24. The largest absolute Gasteiger partial charge is 0.409 e. The van der Waals surface area contributed by atoms with Crippen molar-refractivity contribution in [1.82, 2.24) is 0 Å². The van der Waals surface area contributed by atoms with Gasteiger partial charge in [0.05, 0.1) is 5.69 Å². The van der Waals surface area contributed by atoms with Crippen molar-refractivity contribution in [3.8, 4) is 0 Å². The van der Waals surface area contributed by atoms with Crippen LogP contribution in [0.25, 0.3) is 0 Å². The minimum absolute atomic E-state index is 0.0807. The molecule has 0 aliphatic heterocycles. The number of hydrogen-bond acceptors (Lipinski definition) is 4. The van der Waals surface area contributed by atoms with Crippen LogP contribution in [-0.4, -0.2) is 19.5 Å². The zero-order valence-corrected chi connectivity index (χ0v) is 10.3. The molecule has 1 rings (SSSR count). The zero-order chi connectivity index (χ0) is 12.3. The van der Waals surface area contributed by atoms with Gasteiger partial charge in [0.1, 0.15) is 0 Å². The predicted molar refractivity (Wildman–Crippen MR) is 63.4 cm³/mol. The van der Waals surface area contributed by atoms with E-state index < -0.39 is 10.2 Å². The van der Waals surface area contributed by atoms with Crippen LogP contribution in [0.3, 0.4) is 0 Å². The summed E-state index contributed by atoms with van der Waals surface area (Å²) in [5.41, 5.74) is 6.06. The Morgan fingerprint density at radius 2 is 2.12 bits per heavy atom. The highest BCUT2D eigenvalue weighted by molar-refractivity contribution is 9.10. The third-order valence-electron chi connectivity index (χ3n) is 1.62. The van der Waals surface area contributed by atoms with Crippen LogP contribution in [0.15, 0.2) is 27.8 Å². The quantitative estimate of drug-likeness (QED) is 0.274. The lowest BCUT2D eigenvalue weighted by molar-refractivity contribution is 0.318. The first-order valence-electron chi connectivity index (χ1n) is 3.91. The second kappa shape index (κ2) is 4.68. The number of hydrogen-bond donors (Lipinski definition) is 4. The van der Waals surface area contributed by atoms with Gasteiger partial charge >= 0.3 is 0 Å². The molecule has 16 heavy (non-hydrogen) atoms. The standard InChI is InChI=1S/C7H9BrN4O3S/c8-5-3-4(7(9)11-13)1-2-6(5)12-16(10,14)15/h1-3,12-13H,(H2,9,11)(H2,10,14,15). The summed E-state index contributed by atoms with van der Waals surface area (Å²) in [7, 11) is -3.83. The number of benzene rings is 1. The monoisotopic (exact) mass is 308 g/mol.